The molecule has 32 heavy (non-hydrogen) atoms. The second-order valence-electron chi connectivity index (χ2n) is 10.7. The van der Waals surface area contributed by atoms with E-state index in [1.807, 2.05) is 12.1 Å². The molecular formula is C28H43ClN2O. The van der Waals surface area contributed by atoms with Gasteiger partial charge in [-0.05, 0) is 93.0 Å². The zero-order chi connectivity index (χ0) is 21.5. The Morgan fingerprint density at radius 2 is 1.78 bits per heavy atom. The highest BCUT2D eigenvalue weighted by molar-refractivity contribution is 6.33. The fourth-order valence-electron chi connectivity index (χ4n) is 6.45. The quantitative estimate of drug-likeness (QED) is 0.397. The Morgan fingerprint density at radius 1 is 1.03 bits per heavy atom. The first kappa shape index (κ1) is 25.6. The van der Waals surface area contributed by atoms with Gasteiger partial charge >= 0.3 is 0 Å². The second-order valence-corrected chi connectivity index (χ2v) is 11.1. The maximum absolute atomic E-state index is 13.0. The number of amides is 1. The highest BCUT2D eigenvalue weighted by atomic mass is 35.5. The number of nitrogens with one attached hydrogen (secondary N) is 2. The Hall–Kier alpha value is -1.06. The van der Waals surface area contributed by atoms with Gasteiger partial charge in [0.05, 0.1) is 10.6 Å². The van der Waals surface area contributed by atoms with Crippen LogP contribution in [0.15, 0.2) is 18.2 Å². The largest absolute Gasteiger partial charge is 0.351 e. The van der Waals surface area contributed by atoms with Crippen molar-refractivity contribution in [3.63, 3.8) is 0 Å². The van der Waals surface area contributed by atoms with E-state index >= 15 is 0 Å². The van der Waals surface area contributed by atoms with Gasteiger partial charge in [0.2, 0.25) is 0 Å². The van der Waals surface area contributed by atoms with Crippen LogP contribution in [0.3, 0.4) is 0 Å². The number of halogens is 1. The summed E-state index contributed by atoms with van der Waals surface area (Å²) in [5.41, 5.74) is 2.20. The molecular weight excluding hydrogens is 416 g/mol. The average Bonchev–Trinajstić information content (AvgIpc) is 2.79. The third kappa shape index (κ3) is 6.97. The van der Waals surface area contributed by atoms with E-state index in [9.17, 15) is 4.79 Å². The maximum atomic E-state index is 13.0. The van der Waals surface area contributed by atoms with Crippen molar-refractivity contribution >= 4 is 17.5 Å². The third-order valence-corrected chi connectivity index (χ3v) is 8.57. The van der Waals surface area contributed by atoms with Crippen molar-refractivity contribution in [1.29, 1.82) is 0 Å². The van der Waals surface area contributed by atoms with Crippen LogP contribution in [0.25, 0.3) is 0 Å². The number of carbonyl (C=O) groups is 1. The first-order chi connectivity index (χ1) is 15.1. The molecule has 4 heteroatoms. The van der Waals surface area contributed by atoms with Gasteiger partial charge in [0.25, 0.3) is 5.91 Å². The van der Waals surface area contributed by atoms with E-state index in [-0.39, 0.29) is 13.3 Å². The molecule has 178 valence electrons. The molecule has 3 nitrogen and oxygen atoms in total. The first-order valence-corrected chi connectivity index (χ1v) is 13.3. The summed E-state index contributed by atoms with van der Waals surface area (Å²) in [6, 6.07) is 5.99. The maximum Gasteiger partial charge on any atom is 0.252 e. The molecule has 1 aromatic carbocycles. The fraction of sp³-hybridized carbons (Fsp3) is 0.714. The zero-order valence-electron chi connectivity index (χ0n) is 19.9. The van der Waals surface area contributed by atoms with Crippen molar-refractivity contribution < 1.29 is 4.79 Å². The molecule has 3 fully saturated rings. The predicted octanol–water partition coefficient (Wildman–Crippen LogP) is 6.86. The molecule has 0 aromatic heterocycles. The molecule has 2 radical (unpaired) electrons. The monoisotopic (exact) mass is 458 g/mol. The summed E-state index contributed by atoms with van der Waals surface area (Å²) >= 11 is 6.41. The lowest BCUT2D eigenvalue weighted by Gasteiger charge is -2.45. The van der Waals surface area contributed by atoms with E-state index in [1.54, 1.807) is 0 Å². The number of benzene rings is 1. The van der Waals surface area contributed by atoms with Gasteiger partial charge in [-0.1, -0.05) is 70.0 Å². The van der Waals surface area contributed by atoms with Crippen LogP contribution < -0.4 is 10.6 Å². The van der Waals surface area contributed by atoms with Crippen LogP contribution in [-0.2, 0) is 6.42 Å². The molecule has 0 saturated heterocycles. The van der Waals surface area contributed by atoms with Gasteiger partial charge < -0.3 is 10.6 Å². The minimum Gasteiger partial charge on any atom is -0.351 e. The molecule has 3 saturated carbocycles. The molecule has 3 aliphatic rings. The SMILES string of the molecule is O=C(NCC12CCCC(CCC1)C2)c1cc(CCCNCC2CCCCC2)ccc1Cl.[CH2]. The lowest BCUT2D eigenvalue weighted by atomic mass is 9.62. The van der Waals surface area contributed by atoms with Gasteiger partial charge in [0, 0.05) is 6.54 Å². The van der Waals surface area contributed by atoms with Gasteiger partial charge in [-0.15, -0.1) is 0 Å². The number of aryl methyl sites for hydroxylation is 1. The Balaban J connectivity index is 0.00000289. The summed E-state index contributed by atoms with van der Waals surface area (Å²) in [6.45, 7) is 3.02. The molecule has 2 N–H and O–H groups in total. The second kappa shape index (κ2) is 12.4. The van der Waals surface area contributed by atoms with E-state index < -0.39 is 0 Å². The first-order valence-electron chi connectivity index (χ1n) is 12.9. The molecule has 1 aromatic rings. The Morgan fingerprint density at radius 3 is 2.53 bits per heavy atom. The number of rotatable bonds is 9. The van der Waals surface area contributed by atoms with Gasteiger partial charge in [-0.2, -0.15) is 0 Å². The average molecular weight is 459 g/mol. The number of carbonyl (C=O) groups excluding carboxylic acids is 1. The highest BCUT2D eigenvalue weighted by Gasteiger charge is 2.39. The molecule has 0 atom stereocenters. The number of hydrogen-bond donors (Lipinski definition) is 2. The molecule has 1 amide bonds. The third-order valence-electron chi connectivity index (χ3n) is 8.24. The van der Waals surface area contributed by atoms with Crippen LogP contribution in [-0.4, -0.2) is 25.5 Å². The van der Waals surface area contributed by atoms with Crippen molar-refractivity contribution in [2.24, 2.45) is 17.3 Å². The van der Waals surface area contributed by atoms with Crippen LogP contribution in [0, 0.1) is 24.7 Å². The Kier molecular flexibility index (Phi) is 9.92. The molecule has 2 bridgehead atoms. The normalized spacial score (nSPS) is 25.7. The molecule has 0 spiro atoms. The van der Waals surface area contributed by atoms with Crippen LogP contribution >= 0.6 is 11.6 Å². The molecule has 4 rings (SSSR count). The minimum atomic E-state index is 0. The minimum absolute atomic E-state index is 0. The lowest BCUT2D eigenvalue weighted by Crippen LogP contribution is -2.43. The lowest BCUT2D eigenvalue weighted by molar-refractivity contribution is 0.0682. The van der Waals surface area contributed by atoms with E-state index in [2.05, 4.69) is 16.7 Å². The van der Waals surface area contributed by atoms with E-state index in [4.69, 9.17) is 11.6 Å². The van der Waals surface area contributed by atoms with Crippen molar-refractivity contribution in [2.75, 3.05) is 19.6 Å². The number of hydrogen-bond acceptors (Lipinski definition) is 2. The number of fused-ring (bicyclic) bond motifs is 2. The van der Waals surface area contributed by atoms with Crippen LogP contribution in [0.4, 0.5) is 0 Å². The van der Waals surface area contributed by atoms with Crippen molar-refractivity contribution in [3.05, 3.63) is 41.8 Å². The van der Waals surface area contributed by atoms with Crippen molar-refractivity contribution in [1.82, 2.24) is 10.6 Å². The van der Waals surface area contributed by atoms with E-state index in [1.165, 1.54) is 82.6 Å². The van der Waals surface area contributed by atoms with E-state index in [0.717, 1.165) is 44.3 Å². The summed E-state index contributed by atoms with van der Waals surface area (Å²) in [7, 11) is 0. The summed E-state index contributed by atoms with van der Waals surface area (Å²) < 4.78 is 0. The van der Waals surface area contributed by atoms with Gasteiger partial charge in [0.1, 0.15) is 0 Å². The van der Waals surface area contributed by atoms with Gasteiger partial charge in [-0.25, -0.2) is 0 Å². The van der Waals surface area contributed by atoms with E-state index in [0.29, 0.717) is 16.0 Å². The van der Waals surface area contributed by atoms with Crippen LogP contribution in [0.5, 0.6) is 0 Å². The molecule has 0 aliphatic heterocycles. The van der Waals surface area contributed by atoms with Gasteiger partial charge in [-0.3, -0.25) is 4.79 Å². The smallest absolute Gasteiger partial charge is 0.252 e. The Labute approximate surface area is 201 Å². The molecule has 0 heterocycles. The standard InChI is InChI=1S/C27H41ClN2O.CH2/c28-25-13-12-21(11-6-16-29-19-23-7-2-1-3-8-23)17-24(25)26(31)30-20-27-14-4-9-22(18-27)10-5-15-27;/h12-13,17,22-23,29H,1-11,14-16,18-20H2,(H,30,31);1H2. The molecule has 3 aliphatic carbocycles. The Bertz CT molecular complexity index is 718. The summed E-state index contributed by atoms with van der Waals surface area (Å²) in [5, 5.41) is 7.47. The summed E-state index contributed by atoms with van der Waals surface area (Å²) in [6.07, 6.45) is 18.4. The topological polar surface area (TPSA) is 41.1 Å². The van der Waals surface area contributed by atoms with Gasteiger partial charge in [0.15, 0.2) is 0 Å². The van der Waals surface area contributed by atoms with Crippen molar-refractivity contribution in [3.8, 4) is 0 Å². The highest BCUT2D eigenvalue weighted by Crippen LogP contribution is 2.48. The molecule has 0 unspecified atom stereocenters. The predicted molar refractivity (Wildman–Crippen MR) is 135 cm³/mol. The zero-order valence-corrected chi connectivity index (χ0v) is 20.7. The summed E-state index contributed by atoms with van der Waals surface area (Å²) in [4.78, 5) is 13.0. The van der Waals surface area contributed by atoms with Crippen molar-refractivity contribution in [2.45, 2.75) is 89.9 Å². The van der Waals surface area contributed by atoms with Crippen LogP contribution in [0.2, 0.25) is 5.02 Å². The fourth-order valence-corrected chi connectivity index (χ4v) is 6.65. The summed E-state index contributed by atoms with van der Waals surface area (Å²) in [5.74, 6) is 1.77. The van der Waals surface area contributed by atoms with Crippen LogP contribution in [0.1, 0.15) is 99.4 Å².